The summed E-state index contributed by atoms with van der Waals surface area (Å²) in [5.41, 5.74) is 3.89. The summed E-state index contributed by atoms with van der Waals surface area (Å²) in [7, 11) is 0. The van der Waals surface area contributed by atoms with E-state index in [1.54, 1.807) is 43.3 Å². The highest BCUT2D eigenvalue weighted by Crippen LogP contribution is 2.32. The fraction of sp³-hybridized carbons (Fsp3) is 0.148. The summed E-state index contributed by atoms with van der Waals surface area (Å²) in [5, 5.41) is 2.70. The number of rotatable bonds is 7. The Balaban J connectivity index is 1.83. The van der Waals surface area contributed by atoms with E-state index < -0.39 is 23.0 Å². The van der Waals surface area contributed by atoms with Crippen molar-refractivity contribution in [3.63, 3.8) is 0 Å². The Bertz CT molecular complexity index is 1550. The summed E-state index contributed by atoms with van der Waals surface area (Å²) in [6.07, 6.45) is 1.23. The van der Waals surface area contributed by atoms with E-state index in [1.807, 2.05) is 0 Å². The second kappa shape index (κ2) is 10.6. The van der Waals surface area contributed by atoms with Crippen LogP contribution in [0.2, 0.25) is 0 Å². The van der Waals surface area contributed by atoms with E-state index in [2.05, 4.69) is 11.1 Å². The smallest absolute Gasteiger partial charge is 0.343 e. The van der Waals surface area contributed by atoms with Crippen molar-refractivity contribution in [2.75, 3.05) is 11.9 Å². The van der Waals surface area contributed by atoms with Gasteiger partial charge < -0.3 is 25.1 Å². The second-order valence-corrected chi connectivity index (χ2v) is 8.16. The number of nitrogens with zero attached hydrogens (tertiary/aromatic N) is 1. The summed E-state index contributed by atoms with van der Waals surface area (Å²) in [4.78, 5) is 37.2. The van der Waals surface area contributed by atoms with Crippen LogP contribution < -0.4 is 21.2 Å². The van der Waals surface area contributed by atoms with Gasteiger partial charge in [-0.15, -0.1) is 0 Å². The van der Waals surface area contributed by atoms with E-state index >= 15 is 0 Å². The summed E-state index contributed by atoms with van der Waals surface area (Å²) in [5.74, 6) is -1.96. The predicted octanol–water partition coefficient (Wildman–Crippen LogP) is 4.13. The van der Waals surface area contributed by atoms with Crippen LogP contribution >= 0.6 is 0 Å². The number of aromatic nitrogens is 1. The van der Waals surface area contributed by atoms with Gasteiger partial charge in [0.25, 0.3) is 0 Å². The molecule has 0 aliphatic heterocycles. The SMILES string of the molecule is CCOC(=O)c1cn(Cc2c(F)cccc2F)c2ccc(Oc3ccc(NC(C)=O)cc3)c([NH3+])c2c1=O. The third-order valence-electron chi connectivity index (χ3n) is 5.60. The first-order valence-electron chi connectivity index (χ1n) is 11.4. The number of ether oxygens (including phenoxy) is 2. The fourth-order valence-corrected chi connectivity index (χ4v) is 3.90. The lowest BCUT2D eigenvalue weighted by Gasteiger charge is -2.16. The van der Waals surface area contributed by atoms with Crippen LogP contribution in [0.4, 0.5) is 20.2 Å². The maximum Gasteiger partial charge on any atom is 0.343 e. The first-order valence-corrected chi connectivity index (χ1v) is 11.4. The minimum Gasteiger partial charge on any atom is -0.462 e. The highest BCUT2D eigenvalue weighted by molar-refractivity contribution is 5.98. The number of quaternary nitrogens is 1. The van der Waals surface area contributed by atoms with Crippen molar-refractivity contribution in [1.29, 1.82) is 0 Å². The number of carbonyl (C=O) groups is 2. The van der Waals surface area contributed by atoms with Crippen LogP contribution in [0.15, 0.2) is 65.6 Å². The first-order chi connectivity index (χ1) is 17.7. The van der Waals surface area contributed by atoms with Crippen LogP contribution in [0.25, 0.3) is 10.9 Å². The molecule has 0 fully saturated rings. The largest absolute Gasteiger partial charge is 0.462 e. The minimum absolute atomic E-state index is 0.0348. The predicted molar refractivity (Wildman–Crippen MR) is 133 cm³/mol. The number of carbonyl (C=O) groups excluding carboxylic acids is 2. The van der Waals surface area contributed by atoms with Crippen molar-refractivity contribution < 1.29 is 33.6 Å². The Morgan fingerprint density at radius 2 is 1.70 bits per heavy atom. The van der Waals surface area contributed by atoms with Gasteiger partial charge in [0, 0.05) is 24.4 Å². The molecule has 1 heterocycles. The Hall–Kier alpha value is -4.57. The molecule has 0 atom stereocenters. The van der Waals surface area contributed by atoms with E-state index in [9.17, 15) is 23.2 Å². The second-order valence-electron chi connectivity index (χ2n) is 8.16. The quantitative estimate of drug-likeness (QED) is 0.365. The van der Waals surface area contributed by atoms with Crippen LogP contribution in [-0.4, -0.2) is 23.1 Å². The summed E-state index contributed by atoms with van der Waals surface area (Å²) in [6.45, 7) is 2.74. The molecule has 0 aliphatic carbocycles. The normalized spacial score (nSPS) is 10.8. The average Bonchev–Trinajstić information content (AvgIpc) is 2.85. The standard InChI is InChI=1S/C27H23F2N3O5/c1-3-36-27(35)19-14-32(13-18-20(28)5-4-6-21(18)29)22-11-12-23(25(30)24(22)26(19)34)37-17-9-7-16(8-10-17)31-15(2)33/h4-12,14H,3,13,30H2,1-2H3,(H,31,33)/p+1. The van der Waals surface area contributed by atoms with Crippen LogP contribution in [0.5, 0.6) is 11.5 Å². The van der Waals surface area contributed by atoms with Crippen molar-refractivity contribution in [3.8, 4) is 11.5 Å². The molecule has 4 N–H and O–H groups in total. The zero-order chi connectivity index (χ0) is 26.7. The fourth-order valence-electron chi connectivity index (χ4n) is 3.90. The lowest BCUT2D eigenvalue weighted by atomic mass is 10.1. The maximum absolute atomic E-state index is 14.4. The number of halogens is 2. The number of pyridine rings is 1. The van der Waals surface area contributed by atoms with Crippen LogP contribution in [0.1, 0.15) is 29.8 Å². The highest BCUT2D eigenvalue weighted by Gasteiger charge is 2.23. The zero-order valence-electron chi connectivity index (χ0n) is 20.1. The van der Waals surface area contributed by atoms with Gasteiger partial charge in [0.2, 0.25) is 11.3 Å². The summed E-state index contributed by atoms with van der Waals surface area (Å²) in [6, 6.07) is 13.2. The Kier molecular flexibility index (Phi) is 7.30. The monoisotopic (exact) mass is 508 g/mol. The van der Waals surface area contributed by atoms with Gasteiger partial charge >= 0.3 is 5.97 Å². The van der Waals surface area contributed by atoms with Gasteiger partial charge in [-0.05, 0) is 55.5 Å². The number of nitrogens with one attached hydrogen (secondary N) is 1. The molecule has 0 radical (unpaired) electrons. The highest BCUT2D eigenvalue weighted by atomic mass is 19.1. The van der Waals surface area contributed by atoms with Gasteiger partial charge in [-0.3, -0.25) is 9.59 Å². The molecule has 1 amide bonds. The molecule has 0 unspecified atom stereocenters. The third kappa shape index (κ3) is 5.34. The van der Waals surface area contributed by atoms with Crippen molar-refractivity contribution >= 4 is 34.2 Å². The number of amides is 1. The molecule has 0 aliphatic rings. The molecule has 1 aromatic heterocycles. The molecule has 3 aromatic carbocycles. The maximum atomic E-state index is 14.4. The molecule has 0 saturated carbocycles. The molecule has 10 heteroatoms. The molecule has 4 aromatic rings. The molecule has 0 bridgehead atoms. The van der Waals surface area contributed by atoms with Gasteiger partial charge in [-0.1, -0.05) is 6.07 Å². The molecule has 37 heavy (non-hydrogen) atoms. The van der Waals surface area contributed by atoms with Gasteiger partial charge in [-0.2, -0.15) is 0 Å². The first kappa shape index (κ1) is 25.5. The average molecular weight is 509 g/mol. The molecule has 0 saturated heterocycles. The topological polar surface area (TPSA) is 114 Å². The Morgan fingerprint density at radius 1 is 1.03 bits per heavy atom. The van der Waals surface area contributed by atoms with E-state index in [0.717, 1.165) is 12.1 Å². The Labute approximate surface area is 210 Å². The van der Waals surface area contributed by atoms with Crippen LogP contribution in [0.3, 0.4) is 0 Å². The number of fused-ring (bicyclic) bond motifs is 1. The van der Waals surface area contributed by atoms with E-state index in [4.69, 9.17) is 9.47 Å². The van der Waals surface area contributed by atoms with Gasteiger partial charge in [0.15, 0.2) is 11.4 Å². The zero-order valence-corrected chi connectivity index (χ0v) is 20.1. The lowest BCUT2D eigenvalue weighted by molar-refractivity contribution is -0.253. The summed E-state index contributed by atoms with van der Waals surface area (Å²) < 4.78 is 41.2. The van der Waals surface area contributed by atoms with Crippen LogP contribution in [-0.2, 0) is 16.1 Å². The van der Waals surface area contributed by atoms with E-state index in [1.165, 1.54) is 23.8 Å². The van der Waals surface area contributed by atoms with Crippen LogP contribution in [0, 0.1) is 11.6 Å². The van der Waals surface area contributed by atoms with Gasteiger partial charge in [0.1, 0.15) is 28.3 Å². The summed E-state index contributed by atoms with van der Waals surface area (Å²) >= 11 is 0. The third-order valence-corrected chi connectivity index (χ3v) is 5.60. The van der Waals surface area contributed by atoms with Gasteiger partial charge in [-0.25, -0.2) is 13.6 Å². The van der Waals surface area contributed by atoms with Crippen molar-refractivity contribution in [3.05, 3.63) is 93.8 Å². The van der Waals surface area contributed by atoms with E-state index in [0.29, 0.717) is 17.0 Å². The molecule has 190 valence electrons. The Morgan fingerprint density at radius 3 is 2.32 bits per heavy atom. The van der Waals surface area contributed by atoms with E-state index in [-0.39, 0.29) is 47.0 Å². The minimum atomic E-state index is -0.864. The van der Waals surface area contributed by atoms with Gasteiger partial charge in [0.05, 0.1) is 18.7 Å². The van der Waals surface area contributed by atoms with Crippen molar-refractivity contribution in [2.24, 2.45) is 0 Å². The number of esters is 1. The molecule has 4 rings (SSSR count). The number of hydrogen-bond acceptors (Lipinski definition) is 5. The number of hydrogen-bond donors (Lipinski definition) is 2. The van der Waals surface area contributed by atoms with Crippen molar-refractivity contribution in [1.82, 2.24) is 4.57 Å². The number of anilines is 1. The van der Waals surface area contributed by atoms with Crippen molar-refractivity contribution in [2.45, 2.75) is 20.4 Å². The molecule has 0 spiro atoms. The number of benzene rings is 3. The molecule has 8 nitrogen and oxygen atoms in total. The lowest BCUT2D eigenvalue weighted by Crippen LogP contribution is -2.42. The molecular weight excluding hydrogens is 484 g/mol. The molecular formula is C27H24F2N3O5+.